The molecule has 2 heterocycles. The van der Waals surface area contributed by atoms with Crippen LogP contribution in [0.5, 0.6) is 0 Å². The molecule has 7 nitrogen and oxygen atoms in total. The van der Waals surface area contributed by atoms with E-state index in [-0.39, 0.29) is 11.9 Å². The molecule has 0 amide bonds. The van der Waals surface area contributed by atoms with E-state index < -0.39 is 0 Å². The van der Waals surface area contributed by atoms with Gasteiger partial charge in [0.15, 0.2) is 5.82 Å². The normalized spacial score (nSPS) is 17.3. The van der Waals surface area contributed by atoms with E-state index in [1.54, 1.807) is 0 Å². The Labute approximate surface area is 129 Å². The lowest BCUT2D eigenvalue weighted by atomic mass is 9.88. The van der Waals surface area contributed by atoms with Gasteiger partial charge in [0.2, 0.25) is 0 Å². The average molecular weight is 303 g/mol. The molecule has 0 saturated heterocycles. The van der Waals surface area contributed by atoms with Crippen LogP contribution in [-0.2, 0) is 35.5 Å². The molecule has 1 aliphatic carbocycles. The Kier molecular flexibility index (Phi) is 3.96. The second-order valence-electron chi connectivity index (χ2n) is 5.64. The summed E-state index contributed by atoms with van der Waals surface area (Å²) in [5.74, 6) is 1.67. The van der Waals surface area contributed by atoms with Crippen LogP contribution < -0.4 is 0 Å². The summed E-state index contributed by atoms with van der Waals surface area (Å²) in [5.41, 5.74) is 2.34. The third kappa shape index (κ3) is 2.51. The van der Waals surface area contributed by atoms with Gasteiger partial charge in [-0.15, -0.1) is 10.2 Å². The van der Waals surface area contributed by atoms with Crippen LogP contribution in [0.4, 0.5) is 0 Å². The average Bonchev–Trinajstić information content (AvgIpc) is 3.10. The highest BCUT2D eigenvalue weighted by molar-refractivity contribution is 5.73. The summed E-state index contributed by atoms with van der Waals surface area (Å²) in [5, 5.41) is 12.9. The fourth-order valence-electron chi connectivity index (χ4n) is 3.18. The molecule has 118 valence electrons. The van der Waals surface area contributed by atoms with Gasteiger partial charge in [-0.3, -0.25) is 9.48 Å². The molecule has 0 spiro atoms. The van der Waals surface area contributed by atoms with Gasteiger partial charge in [-0.2, -0.15) is 5.10 Å². The number of rotatable bonds is 4. The van der Waals surface area contributed by atoms with Crippen molar-refractivity contribution in [3.05, 3.63) is 29.1 Å². The Bertz CT molecular complexity index is 688. The molecule has 1 aliphatic rings. The van der Waals surface area contributed by atoms with E-state index in [0.29, 0.717) is 13.0 Å². The first-order chi connectivity index (χ1) is 10.6. The number of carbonyl (C=O) groups excluding carboxylic acids is 1. The fourth-order valence-corrected chi connectivity index (χ4v) is 3.18. The van der Waals surface area contributed by atoms with E-state index >= 15 is 0 Å². The lowest BCUT2D eigenvalue weighted by Gasteiger charge is -2.20. The zero-order valence-corrected chi connectivity index (χ0v) is 13.2. The maximum absolute atomic E-state index is 11.7. The number of ether oxygens (including phenoxy) is 1. The molecule has 0 bridgehead atoms. The van der Waals surface area contributed by atoms with Crippen LogP contribution in [0.1, 0.15) is 36.3 Å². The topological polar surface area (TPSA) is 74.8 Å². The minimum absolute atomic E-state index is 0.0447. The maximum atomic E-state index is 11.7. The second-order valence-corrected chi connectivity index (χ2v) is 5.64. The summed E-state index contributed by atoms with van der Waals surface area (Å²) in [4.78, 5) is 11.7. The Morgan fingerprint density at radius 2 is 2.27 bits per heavy atom. The summed E-state index contributed by atoms with van der Waals surface area (Å²) in [6, 6.07) is 0. The number of carbonyl (C=O) groups is 1. The van der Waals surface area contributed by atoms with Crippen LogP contribution in [0.25, 0.3) is 0 Å². The van der Waals surface area contributed by atoms with E-state index in [1.807, 2.05) is 17.8 Å². The van der Waals surface area contributed by atoms with Gasteiger partial charge in [-0.25, -0.2) is 0 Å². The number of esters is 1. The SMILES string of the molecule is CCn1c(C)nnc1Cn1ncc2c1CC[C@@H](C(=O)OC)C2. The fraction of sp³-hybridized carbons (Fsp3) is 0.600. The second kappa shape index (κ2) is 5.90. The van der Waals surface area contributed by atoms with Gasteiger partial charge in [0, 0.05) is 12.2 Å². The Morgan fingerprint density at radius 3 is 3.00 bits per heavy atom. The van der Waals surface area contributed by atoms with Crippen molar-refractivity contribution in [1.29, 1.82) is 0 Å². The lowest BCUT2D eigenvalue weighted by molar-refractivity contribution is -0.145. The van der Waals surface area contributed by atoms with Gasteiger partial charge >= 0.3 is 5.97 Å². The van der Waals surface area contributed by atoms with Crippen molar-refractivity contribution in [2.75, 3.05) is 7.11 Å². The number of aromatic nitrogens is 5. The van der Waals surface area contributed by atoms with Gasteiger partial charge in [-0.1, -0.05) is 0 Å². The van der Waals surface area contributed by atoms with Gasteiger partial charge in [0.05, 0.1) is 19.2 Å². The van der Waals surface area contributed by atoms with Crippen molar-refractivity contribution in [2.24, 2.45) is 5.92 Å². The monoisotopic (exact) mass is 303 g/mol. The molecule has 0 fully saturated rings. The molecule has 0 unspecified atom stereocenters. The van der Waals surface area contributed by atoms with Crippen LogP contribution >= 0.6 is 0 Å². The van der Waals surface area contributed by atoms with Crippen LogP contribution in [0.2, 0.25) is 0 Å². The molecule has 2 aromatic heterocycles. The Hall–Kier alpha value is -2.18. The maximum Gasteiger partial charge on any atom is 0.309 e. The predicted octanol–water partition coefficient (Wildman–Crippen LogP) is 1.13. The van der Waals surface area contributed by atoms with Gasteiger partial charge in [0.1, 0.15) is 12.4 Å². The van der Waals surface area contributed by atoms with Gasteiger partial charge in [0.25, 0.3) is 0 Å². The Balaban J connectivity index is 1.81. The van der Waals surface area contributed by atoms with Crippen molar-refractivity contribution in [3.8, 4) is 0 Å². The molecule has 0 radical (unpaired) electrons. The number of fused-ring (bicyclic) bond motifs is 1. The van der Waals surface area contributed by atoms with Crippen LogP contribution in [0.3, 0.4) is 0 Å². The van der Waals surface area contributed by atoms with Gasteiger partial charge < -0.3 is 9.30 Å². The molecule has 22 heavy (non-hydrogen) atoms. The molecule has 0 saturated carbocycles. The molecular formula is C15H21N5O2. The number of hydrogen-bond donors (Lipinski definition) is 0. The minimum Gasteiger partial charge on any atom is -0.469 e. The summed E-state index contributed by atoms with van der Waals surface area (Å²) in [6.45, 7) is 5.51. The highest BCUT2D eigenvalue weighted by atomic mass is 16.5. The third-order valence-electron chi connectivity index (χ3n) is 4.39. The molecule has 3 rings (SSSR count). The number of nitrogens with zero attached hydrogens (tertiary/aromatic N) is 5. The van der Waals surface area contributed by atoms with E-state index in [9.17, 15) is 4.79 Å². The summed E-state index contributed by atoms with van der Waals surface area (Å²) in [6.07, 6.45) is 4.23. The first kappa shape index (κ1) is 14.7. The number of hydrogen-bond acceptors (Lipinski definition) is 5. The quantitative estimate of drug-likeness (QED) is 0.792. The number of aryl methyl sites for hydroxylation is 1. The van der Waals surface area contributed by atoms with Crippen LogP contribution in [0.15, 0.2) is 6.20 Å². The van der Waals surface area contributed by atoms with E-state index in [0.717, 1.165) is 36.6 Å². The zero-order valence-electron chi connectivity index (χ0n) is 13.2. The molecule has 1 atom stereocenters. The molecular weight excluding hydrogens is 282 g/mol. The first-order valence-corrected chi connectivity index (χ1v) is 7.64. The van der Waals surface area contributed by atoms with Crippen molar-refractivity contribution >= 4 is 5.97 Å². The zero-order chi connectivity index (χ0) is 15.7. The lowest BCUT2D eigenvalue weighted by Crippen LogP contribution is -2.24. The molecule has 0 N–H and O–H groups in total. The number of methoxy groups -OCH3 is 1. The van der Waals surface area contributed by atoms with E-state index in [2.05, 4.69) is 26.8 Å². The van der Waals surface area contributed by atoms with Crippen LogP contribution in [0, 0.1) is 12.8 Å². The largest absolute Gasteiger partial charge is 0.469 e. The van der Waals surface area contributed by atoms with Crippen molar-refractivity contribution in [1.82, 2.24) is 24.5 Å². The van der Waals surface area contributed by atoms with Crippen molar-refractivity contribution in [3.63, 3.8) is 0 Å². The van der Waals surface area contributed by atoms with Crippen molar-refractivity contribution < 1.29 is 9.53 Å². The van der Waals surface area contributed by atoms with Gasteiger partial charge in [-0.05, 0) is 38.7 Å². The molecule has 7 heteroatoms. The first-order valence-electron chi connectivity index (χ1n) is 7.64. The molecule has 0 aromatic carbocycles. The van der Waals surface area contributed by atoms with Crippen LogP contribution in [-0.4, -0.2) is 37.6 Å². The third-order valence-corrected chi connectivity index (χ3v) is 4.39. The van der Waals surface area contributed by atoms with Crippen molar-refractivity contribution in [2.45, 2.75) is 46.2 Å². The van der Waals surface area contributed by atoms with E-state index in [1.165, 1.54) is 12.8 Å². The smallest absolute Gasteiger partial charge is 0.309 e. The summed E-state index contributed by atoms with van der Waals surface area (Å²) < 4.78 is 8.93. The molecule has 2 aromatic rings. The predicted molar refractivity (Wildman–Crippen MR) is 79.3 cm³/mol. The van der Waals surface area contributed by atoms with E-state index in [4.69, 9.17) is 4.74 Å². The summed E-state index contributed by atoms with van der Waals surface area (Å²) in [7, 11) is 1.45. The minimum atomic E-state index is -0.125. The highest BCUT2D eigenvalue weighted by Gasteiger charge is 2.28. The highest BCUT2D eigenvalue weighted by Crippen LogP contribution is 2.26. The summed E-state index contributed by atoms with van der Waals surface area (Å²) >= 11 is 0. The standard InChI is InChI=1S/C15H21N5O2/c1-4-19-10(2)17-18-14(19)9-20-13-6-5-11(15(21)22-3)7-12(13)8-16-20/h8,11H,4-7,9H2,1-3H3/t11-/m1/s1. The molecule has 0 aliphatic heterocycles. The Morgan fingerprint density at radius 1 is 1.45 bits per heavy atom.